The second kappa shape index (κ2) is 7.58. The van der Waals surface area contributed by atoms with Gasteiger partial charge in [0.1, 0.15) is 11.6 Å². The van der Waals surface area contributed by atoms with Crippen molar-refractivity contribution in [2.45, 2.75) is 20.6 Å². The largest absolute Gasteiger partial charge is 0.471 e. The lowest BCUT2D eigenvalue weighted by atomic mass is 10.2. The quantitative estimate of drug-likeness (QED) is 0.712. The predicted octanol–water partition coefficient (Wildman–Crippen LogP) is 4.58. The molecule has 134 valence electrons. The molecule has 0 atom stereocenters. The van der Waals surface area contributed by atoms with Gasteiger partial charge in [0.2, 0.25) is 0 Å². The molecule has 26 heavy (non-hydrogen) atoms. The van der Waals surface area contributed by atoms with E-state index in [1.807, 2.05) is 13.0 Å². The lowest BCUT2D eigenvalue weighted by Crippen LogP contribution is -2.15. The molecule has 3 aromatic rings. The third-order valence-electron chi connectivity index (χ3n) is 3.80. The summed E-state index contributed by atoms with van der Waals surface area (Å²) in [5.41, 5.74) is 2.34. The molecule has 1 heterocycles. The zero-order valence-corrected chi connectivity index (χ0v) is 15.0. The highest BCUT2D eigenvalue weighted by molar-refractivity contribution is 6.31. The Kier molecular flexibility index (Phi) is 5.23. The number of aromatic nitrogens is 2. The Balaban J connectivity index is 1.63. The molecule has 0 aliphatic rings. The lowest BCUT2D eigenvalue weighted by molar-refractivity contribution is 0.102. The van der Waals surface area contributed by atoms with Crippen LogP contribution in [-0.4, -0.2) is 15.7 Å². The van der Waals surface area contributed by atoms with Crippen molar-refractivity contribution in [3.05, 3.63) is 76.3 Å². The molecule has 0 spiro atoms. The molecule has 1 amide bonds. The van der Waals surface area contributed by atoms with Crippen molar-refractivity contribution in [2.75, 3.05) is 5.32 Å². The van der Waals surface area contributed by atoms with Crippen LogP contribution in [0.5, 0.6) is 5.75 Å². The van der Waals surface area contributed by atoms with E-state index in [2.05, 4.69) is 10.4 Å². The minimum absolute atomic E-state index is 0.157. The summed E-state index contributed by atoms with van der Waals surface area (Å²) in [4.78, 5) is 12.3. The van der Waals surface area contributed by atoms with Gasteiger partial charge < -0.3 is 10.1 Å². The molecule has 0 unspecified atom stereocenters. The summed E-state index contributed by atoms with van der Waals surface area (Å²) in [5, 5.41) is 7.58. The van der Waals surface area contributed by atoms with Crippen molar-refractivity contribution in [1.82, 2.24) is 9.78 Å². The Hall–Kier alpha value is -2.86. The number of hydrogen-bond donors (Lipinski definition) is 1. The molecule has 1 aromatic heterocycles. The van der Waals surface area contributed by atoms with Gasteiger partial charge in [0.05, 0.1) is 0 Å². The first-order valence-corrected chi connectivity index (χ1v) is 8.30. The number of carbonyl (C=O) groups is 1. The number of hydrogen-bond acceptors (Lipinski definition) is 3. The first-order valence-electron chi connectivity index (χ1n) is 7.92. The van der Waals surface area contributed by atoms with Gasteiger partial charge in [-0.1, -0.05) is 11.6 Å². The third-order valence-corrected chi connectivity index (χ3v) is 4.23. The summed E-state index contributed by atoms with van der Waals surface area (Å²) in [7, 11) is 0. The fourth-order valence-electron chi connectivity index (χ4n) is 2.36. The van der Waals surface area contributed by atoms with Gasteiger partial charge in [-0.05, 0) is 67.4 Å². The molecule has 0 aliphatic carbocycles. The van der Waals surface area contributed by atoms with Crippen LogP contribution in [0, 0.1) is 19.7 Å². The summed E-state index contributed by atoms with van der Waals surface area (Å²) in [5.74, 6) is -0.0597. The molecule has 0 bridgehead atoms. The SMILES string of the molecule is Cc1cc(OCn2ccc(C(=O)Nc3ccc(F)cc3C)n2)ccc1Cl. The number of nitrogens with zero attached hydrogens (tertiary/aromatic N) is 2. The van der Waals surface area contributed by atoms with E-state index in [9.17, 15) is 9.18 Å². The van der Waals surface area contributed by atoms with Crippen molar-refractivity contribution in [2.24, 2.45) is 0 Å². The van der Waals surface area contributed by atoms with Crippen LogP contribution in [0.3, 0.4) is 0 Å². The number of nitrogens with one attached hydrogen (secondary N) is 1. The second-order valence-corrected chi connectivity index (χ2v) is 6.25. The summed E-state index contributed by atoms with van der Waals surface area (Å²) in [6, 6.07) is 11.1. The van der Waals surface area contributed by atoms with Crippen LogP contribution in [0.25, 0.3) is 0 Å². The van der Waals surface area contributed by atoms with Gasteiger partial charge in [-0.25, -0.2) is 9.07 Å². The number of ether oxygens (including phenoxy) is 1. The average Bonchev–Trinajstić information content (AvgIpc) is 3.07. The van der Waals surface area contributed by atoms with Crippen molar-refractivity contribution >= 4 is 23.2 Å². The maximum Gasteiger partial charge on any atom is 0.276 e. The van der Waals surface area contributed by atoms with Gasteiger partial charge in [-0.2, -0.15) is 5.10 Å². The van der Waals surface area contributed by atoms with Gasteiger partial charge >= 0.3 is 0 Å². The minimum atomic E-state index is -0.374. The maximum absolute atomic E-state index is 13.1. The normalized spacial score (nSPS) is 10.6. The van der Waals surface area contributed by atoms with E-state index in [4.69, 9.17) is 16.3 Å². The fraction of sp³-hybridized carbons (Fsp3) is 0.158. The highest BCUT2D eigenvalue weighted by atomic mass is 35.5. The standard InChI is InChI=1S/C19H17ClFN3O2/c1-12-10-15(4-5-16(12)20)26-11-24-8-7-18(23-24)19(25)22-17-6-3-14(21)9-13(17)2/h3-10H,11H2,1-2H3,(H,22,25). The van der Waals surface area contributed by atoms with Crippen LogP contribution in [0.4, 0.5) is 10.1 Å². The van der Waals surface area contributed by atoms with E-state index < -0.39 is 0 Å². The van der Waals surface area contributed by atoms with E-state index in [0.29, 0.717) is 22.0 Å². The zero-order chi connectivity index (χ0) is 18.7. The van der Waals surface area contributed by atoms with Crippen LogP contribution >= 0.6 is 11.6 Å². The molecule has 3 rings (SSSR count). The van der Waals surface area contributed by atoms with Crippen LogP contribution < -0.4 is 10.1 Å². The maximum atomic E-state index is 13.1. The number of carbonyl (C=O) groups excluding carboxylic acids is 1. The van der Waals surface area contributed by atoms with Crippen molar-refractivity contribution in [3.63, 3.8) is 0 Å². The number of rotatable bonds is 5. The molecule has 2 aromatic carbocycles. The highest BCUT2D eigenvalue weighted by Gasteiger charge is 2.11. The molecule has 0 aliphatic heterocycles. The molecule has 1 N–H and O–H groups in total. The molecule has 0 fully saturated rings. The summed E-state index contributed by atoms with van der Waals surface area (Å²) < 4.78 is 20.3. The van der Waals surface area contributed by atoms with E-state index in [1.54, 1.807) is 31.3 Å². The number of amides is 1. The van der Waals surface area contributed by atoms with Crippen LogP contribution in [-0.2, 0) is 6.73 Å². The monoisotopic (exact) mass is 373 g/mol. The van der Waals surface area contributed by atoms with Gasteiger partial charge in [0, 0.05) is 16.9 Å². The fourth-order valence-corrected chi connectivity index (χ4v) is 2.47. The topological polar surface area (TPSA) is 56.1 Å². The van der Waals surface area contributed by atoms with Crippen LogP contribution in [0.1, 0.15) is 21.6 Å². The number of anilines is 1. The highest BCUT2D eigenvalue weighted by Crippen LogP contribution is 2.21. The number of benzene rings is 2. The molecular formula is C19H17ClFN3O2. The Morgan fingerprint density at radius 2 is 2.00 bits per heavy atom. The van der Waals surface area contributed by atoms with Crippen molar-refractivity contribution in [1.29, 1.82) is 0 Å². The van der Waals surface area contributed by atoms with Gasteiger partial charge in [-0.15, -0.1) is 0 Å². The van der Waals surface area contributed by atoms with E-state index >= 15 is 0 Å². The van der Waals surface area contributed by atoms with Crippen LogP contribution in [0.2, 0.25) is 5.02 Å². The van der Waals surface area contributed by atoms with Crippen molar-refractivity contribution < 1.29 is 13.9 Å². The summed E-state index contributed by atoms with van der Waals surface area (Å²) >= 11 is 5.98. The smallest absolute Gasteiger partial charge is 0.276 e. The molecule has 5 nitrogen and oxygen atoms in total. The average molecular weight is 374 g/mol. The lowest BCUT2D eigenvalue weighted by Gasteiger charge is -2.08. The summed E-state index contributed by atoms with van der Waals surface area (Å²) in [6.45, 7) is 3.77. The zero-order valence-electron chi connectivity index (χ0n) is 14.3. The van der Waals surface area contributed by atoms with Crippen molar-refractivity contribution in [3.8, 4) is 5.75 Å². The second-order valence-electron chi connectivity index (χ2n) is 5.84. The minimum Gasteiger partial charge on any atom is -0.471 e. The van der Waals surface area contributed by atoms with E-state index in [-0.39, 0.29) is 24.1 Å². The Morgan fingerprint density at radius 1 is 1.19 bits per heavy atom. The molecular weight excluding hydrogens is 357 g/mol. The van der Waals surface area contributed by atoms with E-state index in [0.717, 1.165) is 5.56 Å². The molecule has 0 saturated heterocycles. The number of halogens is 2. The Morgan fingerprint density at radius 3 is 2.73 bits per heavy atom. The Bertz CT molecular complexity index is 956. The van der Waals surface area contributed by atoms with E-state index in [1.165, 1.54) is 22.9 Å². The first kappa shape index (κ1) is 17.9. The van der Waals surface area contributed by atoms with Crippen LogP contribution in [0.15, 0.2) is 48.7 Å². The predicted molar refractivity (Wildman–Crippen MR) is 98.1 cm³/mol. The Labute approximate surface area is 155 Å². The molecule has 0 saturated carbocycles. The molecule has 0 radical (unpaired) electrons. The van der Waals surface area contributed by atoms with Gasteiger partial charge in [0.25, 0.3) is 5.91 Å². The first-order chi connectivity index (χ1) is 12.4. The summed E-state index contributed by atoms with van der Waals surface area (Å²) in [6.07, 6.45) is 1.65. The molecule has 7 heteroatoms. The van der Waals surface area contributed by atoms with Gasteiger partial charge in [0.15, 0.2) is 12.4 Å². The third kappa shape index (κ3) is 4.21. The van der Waals surface area contributed by atoms with Gasteiger partial charge in [-0.3, -0.25) is 4.79 Å². The number of aryl methyl sites for hydroxylation is 2.